The van der Waals surface area contributed by atoms with Gasteiger partial charge in [0, 0.05) is 20.1 Å². The van der Waals surface area contributed by atoms with Gasteiger partial charge in [-0.1, -0.05) is 0 Å². The van der Waals surface area contributed by atoms with E-state index >= 15 is 0 Å². The number of hydrogen-bond donors (Lipinski definition) is 1. The molecule has 7 nitrogen and oxygen atoms in total. The number of likely N-dealkylation sites (N-methyl/N-ethyl adjacent to an activating group) is 1. The summed E-state index contributed by atoms with van der Waals surface area (Å²) >= 11 is 0. The second kappa shape index (κ2) is 5.94. The van der Waals surface area contributed by atoms with Crippen LogP contribution in [0.4, 0.5) is 11.5 Å². The zero-order chi connectivity index (χ0) is 14.7. The fourth-order valence-electron chi connectivity index (χ4n) is 2.11. The monoisotopic (exact) mass is 279 g/mol. The van der Waals surface area contributed by atoms with Gasteiger partial charge in [0.25, 0.3) is 0 Å². The fourth-order valence-corrected chi connectivity index (χ4v) is 2.11. The highest BCUT2D eigenvalue weighted by Gasteiger charge is 2.23. The average Bonchev–Trinajstić information content (AvgIpc) is 2.54. The SMILES string of the molecule is CC(C)Oc1ncnc(N2CCCN(C)C(=O)C2)c1N. The van der Waals surface area contributed by atoms with Gasteiger partial charge in [0.2, 0.25) is 11.8 Å². The van der Waals surface area contributed by atoms with Crippen LogP contribution in [-0.2, 0) is 4.79 Å². The number of rotatable bonds is 3. The van der Waals surface area contributed by atoms with Crippen LogP contribution in [0.5, 0.6) is 5.88 Å². The Morgan fingerprint density at radius 2 is 2.10 bits per heavy atom. The minimum absolute atomic E-state index is 0.0167. The van der Waals surface area contributed by atoms with E-state index < -0.39 is 0 Å². The minimum atomic E-state index is -0.0167. The summed E-state index contributed by atoms with van der Waals surface area (Å²) in [5.41, 5.74) is 6.46. The highest BCUT2D eigenvalue weighted by molar-refractivity contribution is 5.83. The molecule has 20 heavy (non-hydrogen) atoms. The molecule has 0 radical (unpaired) electrons. The Morgan fingerprint density at radius 3 is 2.80 bits per heavy atom. The predicted molar refractivity (Wildman–Crippen MR) is 76.7 cm³/mol. The number of anilines is 2. The molecule has 1 aliphatic heterocycles. The van der Waals surface area contributed by atoms with Crippen LogP contribution in [0, 0.1) is 0 Å². The number of carbonyl (C=O) groups excluding carboxylic acids is 1. The standard InChI is InChI=1S/C13H21N5O2/c1-9(2)20-13-11(14)12(15-8-16-13)18-6-4-5-17(3)10(19)7-18/h8-9H,4-7,14H2,1-3H3. The van der Waals surface area contributed by atoms with Crippen LogP contribution < -0.4 is 15.4 Å². The molecule has 1 fully saturated rings. The zero-order valence-electron chi connectivity index (χ0n) is 12.2. The molecule has 1 saturated heterocycles. The molecule has 110 valence electrons. The Balaban J connectivity index is 2.25. The van der Waals surface area contributed by atoms with Gasteiger partial charge in [-0.05, 0) is 20.3 Å². The van der Waals surface area contributed by atoms with Gasteiger partial charge in [0.15, 0.2) is 5.82 Å². The first-order valence-electron chi connectivity index (χ1n) is 6.75. The molecule has 0 atom stereocenters. The van der Waals surface area contributed by atoms with Crippen molar-refractivity contribution in [2.75, 3.05) is 37.3 Å². The highest BCUT2D eigenvalue weighted by atomic mass is 16.5. The van der Waals surface area contributed by atoms with Crippen molar-refractivity contribution in [3.63, 3.8) is 0 Å². The summed E-state index contributed by atoms with van der Waals surface area (Å²) in [5.74, 6) is 1.00. The first-order valence-corrected chi connectivity index (χ1v) is 6.75. The number of aromatic nitrogens is 2. The lowest BCUT2D eigenvalue weighted by molar-refractivity contribution is -0.127. The summed E-state index contributed by atoms with van der Waals surface area (Å²) in [6.07, 6.45) is 2.28. The van der Waals surface area contributed by atoms with Crippen molar-refractivity contribution in [1.82, 2.24) is 14.9 Å². The maximum absolute atomic E-state index is 11.9. The molecule has 1 aromatic rings. The van der Waals surface area contributed by atoms with Crippen molar-refractivity contribution >= 4 is 17.4 Å². The third-order valence-electron chi connectivity index (χ3n) is 3.15. The van der Waals surface area contributed by atoms with E-state index in [2.05, 4.69) is 9.97 Å². The smallest absolute Gasteiger partial charge is 0.242 e. The van der Waals surface area contributed by atoms with E-state index in [9.17, 15) is 4.79 Å². The van der Waals surface area contributed by atoms with Gasteiger partial charge >= 0.3 is 0 Å². The van der Waals surface area contributed by atoms with Gasteiger partial charge in [-0.25, -0.2) is 4.98 Å². The van der Waals surface area contributed by atoms with E-state index in [1.807, 2.05) is 25.8 Å². The Morgan fingerprint density at radius 1 is 1.35 bits per heavy atom. The molecule has 1 aliphatic rings. The van der Waals surface area contributed by atoms with Crippen molar-refractivity contribution in [3.8, 4) is 5.88 Å². The first kappa shape index (κ1) is 14.4. The van der Waals surface area contributed by atoms with Crippen molar-refractivity contribution in [2.45, 2.75) is 26.4 Å². The van der Waals surface area contributed by atoms with Gasteiger partial charge in [-0.15, -0.1) is 0 Å². The summed E-state index contributed by atoms with van der Waals surface area (Å²) < 4.78 is 5.56. The Bertz CT molecular complexity index is 492. The molecule has 2 heterocycles. The molecule has 1 amide bonds. The third kappa shape index (κ3) is 3.09. The zero-order valence-corrected chi connectivity index (χ0v) is 12.2. The van der Waals surface area contributed by atoms with Crippen LogP contribution in [0.3, 0.4) is 0 Å². The number of nitrogens with two attached hydrogens (primary N) is 1. The summed E-state index contributed by atoms with van der Waals surface area (Å²) in [7, 11) is 1.81. The van der Waals surface area contributed by atoms with Crippen LogP contribution >= 0.6 is 0 Å². The number of ether oxygens (including phenoxy) is 1. The van der Waals surface area contributed by atoms with Gasteiger partial charge in [-0.2, -0.15) is 4.98 Å². The Hall–Kier alpha value is -2.05. The number of hydrogen-bond acceptors (Lipinski definition) is 6. The number of amides is 1. The molecule has 0 unspecified atom stereocenters. The molecule has 0 spiro atoms. The largest absolute Gasteiger partial charge is 0.473 e. The second-order valence-corrected chi connectivity index (χ2v) is 5.17. The van der Waals surface area contributed by atoms with E-state index in [-0.39, 0.29) is 18.6 Å². The normalized spacial score (nSPS) is 16.5. The van der Waals surface area contributed by atoms with Crippen LogP contribution in [0.2, 0.25) is 0 Å². The van der Waals surface area contributed by atoms with Crippen molar-refractivity contribution in [3.05, 3.63) is 6.33 Å². The van der Waals surface area contributed by atoms with Gasteiger partial charge in [0.05, 0.1) is 12.6 Å². The fraction of sp³-hybridized carbons (Fsp3) is 0.615. The number of nitrogen functional groups attached to an aromatic ring is 1. The average molecular weight is 279 g/mol. The maximum Gasteiger partial charge on any atom is 0.242 e. The number of nitrogens with zero attached hydrogens (tertiary/aromatic N) is 4. The van der Waals surface area contributed by atoms with E-state index in [1.54, 1.807) is 4.90 Å². The molecule has 2 N–H and O–H groups in total. The lowest BCUT2D eigenvalue weighted by Crippen LogP contribution is -2.35. The first-order chi connectivity index (χ1) is 9.49. The summed E-state index contributed by atoms with van der Waals surface area (Å²) in [6.45, 7) is 5.57. The Labute approximate surface area is 118 Å². The van der Waals surface area contributed by atoms with Gasteiger partial charge in [-0.3, -0.25) is 4.79 Å². The molecule has 0 aromatic carbocycles. The summed E-state index contributed by atoms with van der Waals surface area (Å²) in [5, 5.41) is 0. The predicted octanol–water partition coefficient (Wildman–Crippen LogP) is 0.514. The van der Waals surface area contributed by atoms with Crippen LogP contribution in [0.25, 0.3) is 0 Å². The van der Waals surface area contributed by atoms with Crippen LogP contribution in [0.1, 0.15) is 20.3 Å². The van der Waals surface area contributed by atoms with E-state index in [0.717, 1.165) is 19.5 Å². The van der Waals surface area contributed by atoms with E-state index in [4.69, 9.17) is 10.5 Å². The Kier molecular flexibility index (Phi) is 4.26. The number of carbonyl (C=O) groups is 1. The molecule has 0 saturated carbocycles. The molecule has 0 bridgehead atoms. The van der Waals surface area contributed by atoms with Crippen LogP contribution in [-0.4, -0.2) is 53.6 Å². The minimum Gasteiger partial charge on any atom is -0.473 e. The maximum atomic E-state index is 11.9. The molecular formula is C13H21N5O2. The van der Waals surface area contributed by atoms with Gasteiger partial charge < -0.3 is 20.3 Å². The quantitative estimate of drug-likeness (QED) is 0.868. The lowest BCUT2D eigenvalue weighted by Gasteiger charge is -2.23. The van der Waals surface area contributed by atoms with Crippen LogP contribution in [0.15, 0.2) is 6.33 Å². The van der Waals surface area contributed by atoms with Crippen molar-refractivity contribution < 1.29 is 9.53 Å². The van der Waals surface area contributed by atoms with E-state index in [0.29, 0.717) is 17.4 Å². The summed E-state index contributed by atoms with van der Waals surface area (Å²) in [6, 6.07) is 0. The van der Waals surface area contributed by atoms with Crippen molar-refractivity contribution in [1.29, 1.82) is 0 Å². The molecule has 2 rings (SSSR count). The molecule has 0 aliphatic carbocycles. The van der Waals surface area contributed by atoms with Gasteiger partial charge in [0.1, 0.15) is 12.0 Å². The highest BCUT2D eigenvalue weighted by Crippen LogP contribution is 2.29. The van der Waals surface area contributed by atoms with E-state index in [1.165, 1.54) is 6.33 Å². The second-order valence-electron chi connectivity index (χ2n) is 5.17. The molecular weight excluding hydrogens is 258 g/mol. The lowest BCUT2D eigenvalue weighted by atomic mass is 10.3. The summed E-state index contributed by atoms with van der Waals surface area (Å²) in [4.78, 5) is 23.8. The topological polar surface area (TPSA) is 84.6 Å². The third-order valence-corrected chi connectivity index (χ3v) is 3.15. The molecule has 1 aromatic heterocycles. The van der Waals surface area contributed by atoms with Crippen molar-refractivity contribution in [2.24, 2.45) is 0 Å². The molecule has 7 heteroatoms.